The minimum absolute atomic E-state index is 0.240. The Morgan fingerprint density at radius 1 is 1.19 bits per heavy atom. The van der Waals surface area contributed by atoms with Gasteiger partial charge >= 0.3 is 0 Å². The molecule has 0 aliphatic carbocycles. The van der Waals surface area contributed by atoms with Crippen molar-refractivity contribution in [3.8, 4) is 0 Å². The first-order valence-electron chi connectivity index (χ1n) is 7.88. The topological polar surface area (TPSA) is 53.8 Å². The fourth-order valence-electron chi connectivity index (χ4n) is 3.25. The van der Waals surface area contributed by atoms with Crippen LogP contribution in [0.2, 0.25) is 0 Å². The summed E-state index contributed by atoms with van der Waals surface area (Å²) < 4.78 is 32.5. The Labute approximate surface area is 127 Å². The zero-order valence-electron chi connectivity index (χ0n) is 12.6. The Morgan fingerprint density at radius 3 is 2.57 bits per heavy atom. The summed E-state index contributed by atoms with van der Waals surface area (Å²) in [6.45, 7) is 5.65. The Balaban J connectivity index is 1.60. The molecule has 2 aliphatic heterocycles. The lowest BCUT2D eigenvalue weighted by Gasteiger charge is -2.21. The maximum absolute atomic E-state index is 12.6. The molecule has 0 spiro atoms. The molecule has 2 aliphatic rings. The van der Waals surface area contributed by atoms with Crippen LogP contribution in [0, 0.1) is 0 Å². The van der Waals surface area contributed by atoms with Gasteiger partial charge in [0, 0.05) is 32.6 Å². The van der Waals surface area contributed by atoms with Crippen molar-refractivity contribution in [2.24, 2.45) is 0 Å². The van der Waals surface area contributed by atoms with Crippen LogP contribution in [0.25, 0.3) is 0 Å². The molecule has 3 rings (SSSR count). The SMILES string of the molecule is CCc1ccc(CN2CC[C@H](S(=O)(=O)N3CCCC3)C2)o1. The van der Waals surface area contributed by atoms with E-state index in [0.717, 1.165) is 43.7 Å². The maximum Gasteiger partial charge on any atom is 0.218 e. The number of rotatable bonds is 5. The minimum atomic E-state index is -3.10. The molecule has 0 saturated carbocycles. The third kappa shape index (κ3) is 3.17. The van der Waals surface area contributed by atoms with Gasteiger partial charge in [0.2, 0.25) is 10.0 Å². The Bertz CT molecular complexity index is 575. The smallest absolute Gasteiger partial charge is 0.218 e. The van der Waals surface area contributed by atoms with Crippen molar-refractivity contribution >= 4 is 10.0 Å². The van der Waals surface area contributed by atoms with Crippen LogP contribution in [0.3, 0.4) is 0 Å². The highest BCUT2D eigenvalue weighted by Gasteiger charge is 2.38. The van der Waals surface area contributed by atoms with Crippen molar-refractivity contribution in [2.45, 2.75) is 44.4 Å². The largest absolute Gasteiger partial charge is 0.465 e. The fourth-order valence-corrected chi connectivity index (χ4v) is 5.25. The zero-order valence-corrected chi connectivity index (χ0v) is 13.4. The summed E-state index contributed by atoms with van der Waals surface area (Å²) in [7, 11) is -3.10. The first kappa shape index (κ1) is 15.1. The summed E-state index contributed by atoms with van der Waals surface area (Å²) >= 11 is 0. The highest BCUT2D eigenvalue weighted by Crippen LogP contribution is 2.25. The van der Waals surface area contributed by atoms with Crippen LogP contribution in [0.4, 0.5) is 0 Å². The van der Waals surface area contributed by atoms with Crippen LogP contribution < -0.4 is 0 Å². The highest BCUT2D eigenvalue weighted by atomic mass is 32.2. The lowest BCUT2D eigenvalue weighted by molar-refractivity contribution is 0.292. The summed E-state index contributed by atoms with van der Waals surface area (Å²) in [6.07, 6.45) is 3.63. The molecule has 0 N–H and O–H groups in total. The van der Waals surface area contributed by atoms with Crippen molar-refractivity contribution in [1.82, 2.24) is 9.21 Å². The minimum Gasteiger partial charge on any atom is -0.465 e. The summed E-state index contributed by atoms with van der Waals surface area (Å²) in [5.74, 6) is 1.93. The van der Waals surface area contributed by atoms with E-state index in [-0.39, 0.29) is 5.25 Å². The van der Waals surface area contributed by atoms with Crippen LogP contribution in [0.1, 0.15) is 37.7 Å². The predicted octanol–water partition coefficient (Wildman–Crippen LogP) is 1.84. The number of aryl methyl sites for hydroxylation is 1. The van der Waals surface area contributed by atoms with E-state index in [4.69, 9.17) is 4.42 Å². The van der Waals surface area contributed by atoms with Crippen LogP contribution in [-0.4, -0.2) is 49.1 Å². The molecule has 2 fully saturated rings. The van der Waals surface area contributed by atoms with Gasteiger partial charge in [-0.15, -0.1) is 0 Å². The molecule has 2 saturated heterocycles. The summed E-state index contributed by atoms with van der Waals surface area (Å²) in [5.41, 5.74) is 0. The molecule has 118 valence electrons. The average molecular weight is 312 g/mol. The molecule has 3 heterocycles. The number of likely N-dealkylation sites (tertiary alicyclic amines) is 1. The van der Waals surface area contributed by atoms with E-state index in [2.05, 4.69) is 11.8 Å². The number of furan rings is 1. The van der Waals surface area contributed by atoms with Crippen LogP contribution in [-0.2, 0) is 23.0 Å². The maximum atomic E-state index is 12.6. The number of hydrogen-bond acceptors (Lipinski definition) is 4. The van der Waals surface area contributed by atoms with Crippen molar-refractivity contribution in [1.29, 1.82) is 0 Å². The molecule has 1 atom stereocenters. The third-order valence-corrected chi connectivity index (χ3v) is 6.83. The second kappa shape index (κ2) is 6.10. The van der Waals surface area contributed by atoms with Crippen LogP contribution in [0.15, 0.2) is 16.5 Å². The standard InChI is InChI=1S/C15H24N2O3S/c1-2-13-5-6-14(20-13)11-16-10-7-15(12-16)21(18,19)17-8-3-4-9-17/h5-6,15H,2-4,7-12H2,1H3/t15-/m0/s1. The number of nitrogens with zero attached hydrogens (tertiary/aromatic N) is 2. The molecule has 0 aromatic carbocycles. The van der Waals surface area contributed by atoms with Gasteiger partial charge in [-0.2, -0.15) is 0 Å². The monoisotopic (exact) mass is 312 g/mol. The molecule has 0 radical (unpaired) electrons. The van der Waals surface area contributed by atoms with E-state index in [9.17, 15) is 8.42 Å². The summed E-state index contributed by atoms with van der Waals surface area (Å²) in [4.78, 5) is 2.19. The number of hydrogen-bond donors (Lipinski definition) is 0. The fraction of sp³-hybridized carbons (Fsp3) is 0.733. The van der Waals surface area contributed by atoms with Crippen LogP contribution in [0.5, 0.6) is 0 Å². The molecule has 5 nitrogen and oxygen atoms in total. The van der Waals surface area contributed by atoms with E-state index in [1.54, 1.807) is 4.31 Å². The normalized spacial score (nSPS) is 24.9. The molecular formula is C15H24N2O3S. The van der Waals surface area contributed by atoms with Crippen LogP contribution >= 0.6 is 0 Å². The van der Waals surface area contributed by atoms with Gasteiger partial charge in [0.05, 0.1) is 11.8 Å². The van der Waals surface area contributed by atoms with Gasteiger partial charge in [-0.3, -0.25) is 4.90 Å². The molecule has 6 heteroatoms. The van der Waals surface area contributed by atoms with Gasteiger partial charge in [0.15, 0.2) is 0 Å². The first-order chi connectivity index (χ1) is 10.1. The van der Waals surface area contributed by atoms with Crippen molar-refractivity contribution in [3.63, 3.8) is 0 Å². The lowest BCUT2D eigenvalue weighted by atomic mass is 10.3. The molecular weight excluding hydrogens is 288 g/mol. The zero-order chi connectivity index (χ0) is 14.9. The summed E-state index contributed by atoms with van der Waals surface area (Å²) in [5, 5.41) is -0.240. The van der Waals surface area contributed by atoms with Crippen molar-refractivity contribution < 1.29 is 12.8 Å². The van der Waals surface area contributed by atoms with Crippen molar-refractivity contribution in [2.75, 3.05) is 26.2 Å². The third-order valence-electron chi connectivity index (χ3n) is 4.52. The highest BCUT2D eigenvalue weighted by molar-refractivity contribution is 7.89. The second-order valence-electron chi connectivity index (χ2n) is 6.02. The molecule has 0 unspecified atom stereocenters. The molecule has 0 amide bonds. The Hall–Kier alpha value is -0.850. The van der Waals surface area contributed by atoms with E-state index >= 15 is 0 Å². The van der Waals surface area contributed by atoms with Gasteiger partial charge in [0.25, 0.3) is 0 Å². The number of sulfonamides is 1. The quantitative estimate of drug-likeness (QED) is 0.832. The first-order valence-corrected chi connectivity index (χ1v) is 9.39. The lowest BCUT2D eigenvalue weighted by Crippen LogP contribution is -2.38. The van der Waals surface area contributed by atoms with E-state index in [0.29, 0.717) is 26.2 Å². The van der Waals surface area contributed by atoms with E-state index in [1.807, 2.05) is 12.1 Å². The van der Waals surface area contributed by atoms with Gasteiger partial charge < -0.3 is 4.42 Å². The van der Waals surface area contributed by atoms with Crippen molar-refractivity contribution in [3.05, 3.63) is 23.7 Å². The molecule has 21 heavy (non-hydrogen) atoms. The average Bonchev–Trinajstić information content (AvgIpc) is 3.21. The van der Waals surface area contributed by atoms with Gasteiger partial charge in [-0.05, 0) is 31.4 Å². The molecule has 1 aromatic rings. The summed E-state index contributed by atoms with van der Waals surface area (Å²) in [6, 6.07) is 4.00. The van der Waals surface area contributed by atoms with Gasteiger partial charge in [-0.25, -0.2) is 12.7 Å². The Morgan fingerprint density at radius 2 is 1.90 bits per heavy atom. The van der Waals surface area contributed by atoms with E-state index in [1.165, 1.54) is 0 Å². The Kier molecular flexibility index (Phi) is 4.38. The predicted molar refractivity (Wildman–Crippen MR) is 81.5 cm³/mol. The molecule has 1 aromatic heterocycles. The van der Waals surface area contributed by atoms with E-state index < -0.39 is 10.0 Å². The molecule has 0 bridgehead atoms. The van der Waals surface area contributed by atoms with Gasteiger partial charge in [-0.1, -0.05) is 6.92 Å². The van der Waals surface area contributed by atoms with Gasteiger partial charge in [0.1, 0.15) is 11.5 Å². The second-order valence-corrected chi connectivity index (χ2v) is 8.23.